The van der Waals surface area contributed by atoms with E-state index in [0.29, 0.717) is 17.5 Å². The van der Waals surface area contributed by atoms with Gasteiger partial charge in [0.1, 0.15) is 11.2 Å². The van der Waals surface area contributed by atoms with Gasteiger partial charge in [-0.25, -0.2) is 15.0 Å². The second-order valence-electron chi connectivity index (χ2n) is 17.0. The molecule has 300 valence electrons. The van der Waals surface area contributed by atoms with E-state index in [-0.39, 0.29) is 5.92 Å². The average Bonchev–Trinajstić information content (AvgIpc) is 4.01. The molecule has 0 spiro atoms. The first-order valence-electron chi connectivity index (χ1n) is 21.8. The van der Waals surface area contributed by atoms with Crippen LogP contribution in [0.3, 0.4) is 0 Å². The number of hydrogen-bond acceptors (Lipinski definition) is 6. The van der Waals surface area contributed by atoms with Crippen molar-refractivity contribution < 1.29 is 4.42 Å². The summed E-state index contributed by atoms with van der Waals surface area (Å²) in [6, 6.07) is 66.0. The van der Waals surface area contributed by atoms with E-state index in [0.717, 1.165) is 51.5 Å². The maximum absolute atomic E-state index is 6.80. The molecule has 1 unspecified atom stereocenters. The number of thiophene rings is 2. The van der Waals surface area contributed by atoms with Gasteiger partial charge in [0.25, 0.3) is 0 Å². The van der Waals surface area contributed by atoms with Crippen molar-refractivity contribution in [3.8, 4) is 45.3 Å². The first-order valence-corrected chi connectivity index (χ1v) is 23.5. The monoisotopic (exact) mass is 853 g/mol. The maximum Gasteiger partial charge on any atom is 0.164 e. The first kappa shape index (κ1) is 36.0. The summed E-state index contributed by atoms with van der Waals surface area (Å²) in [5, 5.41) is 9.71. The zero-order valence-corrected chi connectivity index (χ0v) is 36.0. The fourth-order valence-electron chi connectivity index (χ4n) is 10.4. The summed E-state index contributed by atoms with van der Waals surface area (Å²) >= 11 is 3.63. The van der Waals surface area contributed by atoms with Crippen LogP contribution in [0.2, 0.25) is 0 Å². The Morgan fingerprint density at radius 2 is 0.969 bits per heavy atom. The van der Waals surface area contributed by atoms with Crippen LogP contribution in [0, 0.1) is 0 Å². The molecule has 0 fully saturated rings. The summed E-state index contributed by atoms with van der Waals surface area (Å²) in [5.74, 6) is 1.98. The lowest BCUT2D eigenvalue weighted by Crippen LogP contribution is -2.05. The van der Waals surface area contributed by atoms with Gasteiger partial charge < -0.3 is 4.42 Å². The van der Waals surface area contributed by atoms with Gasteiger partial charge >= 0.3 is 0 Å². The van der Waals surface area contributed by atoms with Crippen LogP contribution in [0.1, 0.15) is 29.0 Å². The minimum absolute atomic E-state index is 0.0829. The summed E-state index contributed by atoms with van der Waals surface area (Å²) in [6.45, 7) is 0. The predicted octanol–water partition coefficient (Wildman–Crippen LogP) is 16.4. The van der Waals surface area contributed by atoms with Gasteiger partial charge in [-0.05, 0) is 124 Å². The quantitative estimate of drug-likeness (QED) is 0.177. The van der Waals surface area contributed by atoms with Crippen LogP contribution in [-0.4, -0.2) is 15.0 Å². The molecule has 1 aliphatic carbocycles. The third-order valence-corrected chi connectivity index (χ3v) is 15.7. The smallest absolute Gasteiger partial charge is 0.164 e. The predicted molar refractivity (Wildman–Crippen MR) is 269 cm³/mol. The number of nitrogens with zero attached hydrogens (tertiary/aromatic N) is 3. The van der Waals surface area contributed by atoms with E-state index < -0.39 is 0 Å². The second-order valence-corrected chi connectivity index (χ2v) is 19.2. The highest BCUT2D eigenvalue weighted by atomic mass is 32.1. The number of rotatable bonds is 4. The van der Waals surface area contributed by atoms with Crippen LogP contribution in [0.4, 0.5) is 0 Å². The van der Waals surface area contributed by atoms with Gasteiger partial charge in [-0.3, -0.25) is 0 Å². The van der Waals surface area contributed by atoms with E-state index in [1.54, 1.807) is 0 Å². The van der Waals surface area contributed by atoms with Gasteiger partial charge in [0.05, 0.1) is 0 Å². The molecule has 13 aromatic rings. The zero-order chi connectivity index (χ0) is 41.9. The van der Waals surface area contributed by atoms with Crippen LogP contribution in [0.15, 0.2) is 186 Å². The SMILES string of the molecule is c1ccc2c(c1)-c1cc3ccccc3cc1CCC2c1cc(-c2nc(-c3ccc4sc5ccccc5c4c3)nc(-c3ccc4sc5ccccc5c4c3)n2)cc2oc3ccccc3c12. The summed E-state index contributed by atoms with van der Waals surface area (Å²) < 4.78 is 11.8. The van der Waals surface area contributed by atoms with Crippen LogP contribution >= 0.6 is 22.7 Å². The van der Waals surface area contributed by atoms with E-state index in [9.17, 15) is 0 Å². The summed E-state index contributed by atoms with van der Waals surface area (Å²) in [5.41, 5.74) is 11.1. The van der Waals surface area contributed by atoms with E-state index in [1.807, 2.05) is 22.7 Å². The van der Waals surface area contributed by atoms with Crippen molar-refractivity contribution in [3.63, 3.8) is 0 Å². The summed E-state index contributed by atoms with van der Waals surface area (Å²) in [4.78, 5) is 16.1. The summed E-state index contributed by atoms with van der Waals surface area (Å²) in [6.07, 6.45) is 1.89. The minimum atomic E-state index is 0.0829. The van der Waals surface area contributed by atoms with Crippen LogP contribution in [-0.2, 0) is 6.42 Å². The molecular formula is C58H35N3OS2. The highest BCUT2D eigenvalue weighted by Gasteiger charge is 2.28. The van der Waals surface area contributed by atoms with Crippen molar-refractivity contribution in [2.75, 3.05) is 0 Å². The molecule has 0 saturated carbocycles. The number of hydrogen-bond donors (Lipinski definition) is 0. The number of aromatic nitrogens is 3. The van der Waals surface area contributed by atoms with Crippen molar-refractivity contribution >= 4 is 95.7 Å². The second kappa shape index (κ2) is 14.0. The number of benzene rings is 9. The molecule has 64 heavy (non-hydrogen) atoms. The topological polar surface area (TPSA) is 51.8 Å². The van der Waals surface area contributed by atoms with E-state index in [4.69, 9.17) is 19.4 Å². The molecule has 0 saturated heterocycles. The lowest BCUT2D eigenvalue weighted by Gasteiger charge is -2.20. The fourth-order valence-corrected chi connectivity index (χ4v) is 12.5. The maximum atomic E-state index is 6.80. The molecule has 9 aromatic carbocycles. The Bertz CT molecular complexity index is 3930. The van der Waals surface area contributed by atoms with Gasteiger partial charge in [-0.15, -0.1) is 22.7 Å². The largest absolute Gasteiger partial charge is 0.456 e. The molecule has 1 aliphatic rings. The molecule has 0 aliphatic heterocycles. The normalized spacial score (nSPS) is 14.0. The third kappa shape index (κ3) is 5.62. The molecule has 6 heteroatoms. The molecule has 4 heterocycles. The highest BCUT2D eigenvalue weighted by Crippen LogP contribution is 2.47. The van der Waals surface area contributed by atoms with Gasteiger partial charge in [0.2, 0.25) is 0 Å². The Labute approximate surface area is 375 Å². The Morgan fingerprint density at radius 3 is 1.67 bits per heavy atom. The van der Waals surface area contributed by atoms with Crippen molar-refractivity contribution in [1.29, 1.82) is 0 Å². The highest BCUT2D eigenvalue weighted by molar-refractivity contribution is 7.26. The van der Waals surface area contributed by atoms with Crippen molar-refractivity contribution in [2.24, 2.45) is 0 Å². The van der Waals surface area contributed by atoms with Gasteiger partial charge in [-0.2, -0.15) is 0 Å². The average molecular weight is 854 g/mol. The van der Waals surface area contributed by atoms with Crippen LogP contribution in [0.5, 0.6) is 0 Å². The fraction of sp³-hybridized carbons (Fsp3) is 0.0517. The Hall–Kier alpha value is -7.51. The number of furan rings is 1. The lowest BCUT2D eigenvalue weighted by atomic mass is 9.83. The molecule has 0 amide bonds. The Balaban J connectivity index is 1.01. The van der Waals surface area contributed by atoms with Crippen LogP contribution < -0.4 is 0 Å². The minimum Gasteiger partial charge on any atom is -0.456 e. The van der Waals surface area contributed by atoms with Gasteiger partial charge in [-0.1, -0.05) is 109 Å². The van der Waals surface area contributed by atoms with Gasteiger partial charge in [0, 0.05) is 73.7 Å². The molecule has 1 atom stereocenters. The van der Waals surface area contributed by atoms with Gasteiger partial charge in [0.15, 0.2) is 17.5 Å². The molecule has 0 bridgehead atoms. The van der Waals surface area contributed by atoms with E-state index in [1.165, 1.54) is 78.9 Å². The Morgan fingerprint density at radius 1 is 0.406 bits per heavy atom. The van der Waals surface area contributed by atoms with Crippen molar-refractivity contribution in [1.82, 2.24) is 15.0 Å². The number of para-hydroxylation sites is 1. The van der Waals surface area contributed by atoms with Crippen LogP contribution in [0.25, 0.3) is 118 Å². The molecule has 14 rings (SSSR count). The summed E-state index contributed by atoms with van der Waals surface area (Å²) in [7, 11) is 0. The standard InChI is InChI=1S/C58H35N3OS2/c1-2-12-34-28-45-35(27-33(34)11-1)21-24-41(39-13-3-4-14-40(39)45)48-31-38(32-50-55(48)44-17-5-8-18-49(44)62-50)58-60-56(36-22-25-53-46(29-36)42-15-6-9-19-51(42)63-53)59-57(61-58)37-23-26-54-47(30-37)43-16-7-10-20-52(43)64-54/h1-20,22-23,25-32,41H,21,24H2. The molecule has 4 nitrogen and oxygen atoms in total. The van der Waals surface area contributed by atoms with E-state index in [2.05, 4.69) is 182 Å². The molecule has 0 radical (unpaired) electrons. The first-order chi connectivity index (χ1) is 31.7. The number of aryl methyl sites for hydroxylation is 1. The Kier molecular flexibility index (Phi) is 7.88. The van der Waals surface area contributed by atoms with Crippen molar-refractivity contribution in [3.05, 3.63) is 199 Å². The number of fused-ring (bicyclic) bond motifs is 13. The lowest BCUT2D eigenvalue weighted by molar-refractivity contribution is 0.667. The third-order valence-electron chi connectivity index (χ3n) is 13.3. The van der Waals surface area contributed by atoms with E-state index >= 15 is 0 Å². The molecular weight excluding hydrogens is 819 g/mol. The van der Waals surface area contributed by atoms with Crippen molar-refractivity contribution in [2.45, 2.75) is 18.8 Å². The molecule has 4 aromatic heterocycles. The molecule has 0 N–H and O–H groups in total. The zero-order valence-electron chi connectivity index (χ0n) is 34.4.